The van der Waals surface area contributed by atoms with Gasteiger partial charge in [-0.3, -0.25) is 0 Å². The minimum Gasteiger partial charge on any atom is -0.454 e. The molecule has 26 heavy (non-hydrogen) atoms. The van der Waals surface area contributed by atoms with Gasteiger partial charge in [0.05, 0.1) is 0 Å². The van der Waals surface area contributed by atoms with E-state index in [1.54, 1.807) is 11.9 Å². The zero-order chi connectivity index (χ0) is 18.4. The van der Waals surface area contributed by atoms with Crippen molar-refractivity contribution in [2.45, 2.75) is 19.2 Å². The summed E-state index contributed by atoms with van der Waals surface area (Å²) in [7, 11) is 1.79. The summed E-state index contributed by atoms with van der Waals surface area (Å²) >= 11 is 1.82. The minimum atomic E-state index is -0.0707. The SMILES string of the molecule is Cc1ccc(CSCCNC(=O)N(C)Cc2ccc3c(c2)OCO3)cc1. The molecule has 2 aromatic carbocycles. The van der Waals surface area contributed by atoms with Crippen LogP contribution in [-0.4, -0.2) is 37.1 Å². The van der Waals surface area contributed by atoms with Gasteiger partial charge in [0.2, 0.25) is 6.79 Å². The summed E-state index contributed by atoms with van der Waals surface area (Å²) in [6, 6.07) is 14.2. The number of nitrogens with one attached hydrogen (secondary N) is 1. The Kier molecular flexibility index (Phi) is 6.28. The number of thioether (sulfide) groups is 1. The summed E-state index contributed by atoms with van der Waals surface area (Å²) in [5.41, 5.74) is 3.60. The van der Waals surface area contributed by atoms with E-state index in [2.05, 4.69) is 36.5 Å². The van der Waals surface area contributed by atoms with Crippen LogP contribution in [0.25, 0.3) is 0 Å². The Bertz CT molecular complexity index is 749. The van der Waals surface area contributed by atoms with Gasteiger partial charge in [-0.25, -0.2) is 4.79 Å². The van der Waals surface area contributed by atoms with Gasteiger partial charge in [0.15, 0.2) is 11.5 Å². The second kappa shape index (κ2) is 8.85. The molecule has 0 aromatic heterocycles. The third-order valence-electron chi connectivity index (χ3n) is 4.12. The molecule has 0 radical (unpaired) electrons. The van der Waals surface area contributed by atoms with Crippen molar-refractivity contribution in [2.24, 2.45) is 0 Å². The zero-order valence-electron chi connectivity index (χ0n) is 15.2. The number of aryl methyl sites for hydroxylation is 1. The molecule has 0 aliphatic carbocycles. The van der Waals surface area contributed by atoms with E-state index in [1.807, 2.05) is 30.0 Å². The standard InChI is InChI=1S/C20H24N2O3S/c1-15-3-5-16(6-4-15)13-26-10-9-21-20(23)22(2)12-17-7-8-18-19(11-17)25-14-24-18/h3-8,11H,9-10,12-14H2,1-2H3,(H,21,23). The van der Waals surface area contributed by atoms with Gasteiger partial charge in [-0.05, 0) is 30.2 Å². The van der Waals surface area contributed by atoms with Crippen LogP contribution in [0.2, 0.25) is 0 Å². The van der Waals surface area contributed by atoms with Crippen molar-refractivity contribution in [2.75, 3.05) is 26.1 Å². The monoisotopic (exact) mass is 372 g/mol. The molecule has 1 heterocycles. The molecule has 5 nitrogen and oxygen atoms in total. The van der Waals surface area contributed by atoms with E-state index in [0.717, 1.165) is 28.6 Å². The normalized spacial score (nSPS) is 12.1. The maximum absolute atomic E-state index is 12.2. The molecular weight excluding hydrogens is 348 g/mol. The Morgan fingerprint density at radius 3 is 2.65 bits per heavy atom. The van der Waals surface area contributed by atoms with Crippen molar-refractivity contribution in [3.63, 3.8) is 0 Å². The lowest BCUT2D eigenvalue weighted by molar-refractivity contribution is 0.174. The molecular formula is C20H24N2O3S. The molecule has 3 rings (SSSR count). The molecule has 2 aromatic rings. The number of fused-ring (bicyclic) bond motifs is 1. The molecule has 6 heteroatoms. The molecule has 2 amide bonds. The molecule has 1 aliphatic heterocycles. The molecule has 138 valence electrons. The molecule has 0 fully saturated rings. The number of benzene rings is 2. The lowest BCUT2D eigenvalue weighted by atomic mass is 10.2. The van der Waals surface area contributed by atoms with Crippen molar-refractivity contribution >= 4 is 17.8 Å². The highest BCUT2D eigenvalue weighted by Crippen LogP contribution is 2.32. The van der Waals surface area contributed by atoms with Crippen LogP contribution in [0, 0.1) is 6.92 Å². The molecule has 1 N–H and O–H groups in total. The van der Waals surface area contributed by atoms with E-state index in [0.29, 0.717) is 13.1 Å². The Balaban J connectivity index is 1.35. The van der Waals surface area contributed by atoms with Crippen molar-refractivity contribution in [3.8, 4) is 11.5 Å². The van der Waals surface area contributed by atoms with E-state index in [9.17, 15) is 4.79 Å². The number of hydrogen-bond donors (Lipinski definition) is 1. The Morgan fingerprint density at radius 2 is 1.85 bits per heavy atom. The van der Waals surface area contributed by atoms with E-state index >= 15 is 0 Å². The number of ether oxygens (including phenoxy) is 2. The average Bonchev–Trinajstić information content (AvgIpc) is 3.10. The molecule has 0 saturated heterocycles. The van der Waals surface area contributed by atoms with Crippen molar-refractivity contribution in [3.05, 3.63) is 59.2 Å². The summed E-state index contributed by atoms with van der Waals surface area (Å²) in [5.74, 6) is 3.34. The number of amides is 2. The van der Waals surface area contributed by atoms with Crippen LogP contribution in [0.15, 0.2) is 42.5 Å². The molecule has 1 aliphatic rings. The zero-order valence-corrected chi connectivity index (χ0v) is 16.0. The minimum absolute atomic E-state index is 0.0707. The number of urea groups is 1. The number of carbonyl (C=O) groups excluding carboxylic acids is 1. The summed E-state index contributed by atoms with van der Waals surface area (Å²) in [4.78, 5) is 13.9. The highest BCUT2D eigenvalue weighted by molar-refractivity contribution is 7.98. The second-order valence-electron chi connectivity index (χ2n) is 6.31. The van der Waals surface area contributed by atoms with Crippen LogP contribution in [0.3, 0.4) is 0 Å². The van der Waals surface area contributed by atoms with Gasteiger partial charge in [-0.1, -0.05) is 35.9 Å². The highest BCUT2D eigenvalue weighted by Gasteiger charge is 2.15. The highest BCUT2D eigenvalue weighted by atomic mass is 32.2. The third kappa shape index (κ3) is 5.08. The van der Waals surface area contributed by atoms with E-state index < -0.39 is 0 Å². The van der Waals surface area contributed by atoms with Gasteiger partial charge in [0.25, 0.3) is 0 Å². The van der Waals surface area contributed by atoms with Crippen LogP contribution in [0.4, 0.5) is 4.79 Å². The molecule has 0 spiro atoms. The van der Waals surface area contributed by atoms with Gasteiger partial charge in [-0.15, -0.1) is 0 Å². The van der Waals surface area contributed by atoms with Gasteiger partial charge < -0.3 is 19.7 Å². The topological polar surface area (TPSA) is 50.8 Å². The summed E-state index contributed by atoms with van der Waals surface area (Å²) in [5, 5.41) is 2.96. The smallest absolute Gasteiger partial charge is 0.317 e. The van der Waals surface area contributed by atoms with E-state index in [-0.39, 0.29) is 12.8 Å². The first-order valence-electron chi connectivity index (χ1n) is 8.62. The Labute approximate surface area is 158 Å². The Morgan fingerprint density at radius 1 is 1.12 bits per heavy atom. The quantitative estimate of drug-likeness (QED) is 0.751. The Hall–Kier alpha value is -2.34. The van der Waals surface area contributed by atoms with Crippen LogP contribution in [0.5, 0.6) is 11.5 Å². The molecule has 0 atom stereocenters. The van der Waals surface area contributed by atoms with Crippen molar-refractivity contribution < 1.29 is 14.3 Å². The molecule has 0 saturated carbocycles. The van der Waals surface area contributed by atoms with E-state index in [4.69, 9.17) is 9.47 Å². The summed E-state index contributed by atoms with van der Waals surface area (Å²) < 4.78 is 10.7. The first-order chi connectivity index (χ1) is 12.6. The maximum Gasteiger partial charge on any atom is 0.317 e. The summed E-state index contributed by atoms with van der Waals surface area (Å²) in [6.45, 7) is 3.53. The van der Waals surface area contributed by atoms with Crippen LogP contribution in [0.1, 0.15) is 16.7 Å². The average molecular weight is 372 g/mol. The number of rotatable bonds is 7. The van der Waals surface area contributed by atoms with Crippen molar-refractivity contribution in [1.29, 1.82) is 0 Å². The van der Waals surface area contributed by atoms with Crippen LogP contribution >= 0.6 is 11.8 Å². The number of nitrogens with zero attached hydrogens (tertiary/aromatic N) is 1. The van der Waals surface area contributed by atoms with Crippen LogP contribution in [-0.2, 0) is 12.3 Å². The fraction of sp³-hybridized carbons (Fsp3) is 0.350. The lowest BCUT2D eigenvalue weighted by Gasteiger charge is -2.18. The molecule has 0 unspecified atom stereocenters. The fourth-order valence-electron chi connectivity index (χ4n) is 2.62. The first-order valence-corrected chi connectivity index (χ1v) is 9.78. The van der Waals surface area contributed by atoms with Gasteiger partial charge in [0, 0.05) is 31.6 Å². The summed E-state index contributed by atoms with van der Waals surface area (Å²) in [6.07, 6.45) is 0. The maximum atomic E-state index is 12.2. The third-order valence-corrected chi connectivity index (χ3v) is 5.15. The van der Waals surface area contributed by atoms with Crippen molar-refractivity contribution in [1.82, 2.24) is 10.2 Å². The lowest BCUT2D eigenvalue weighted by Crippen LogP contribution is -2.37. The molecule has 0 bridgehead atoms. The fourth-order valence-corrected chi connectivity index (χ4v) is 3.44. The van der Waals surface area contributed by atoms with Gasteiger partial charge in [-0.2, -0.15) is 11.8 Å². The van der Waals surface area contributed by atoms with Crippen LogP contribution < -0.4 is 14.8 Å². The second-order valence-corrected chi connectivity index (χ2v) is 7.42. The predicted octanol–water partition coefficient (Wildman–Crippen LogP) is 3.80. The largest absolute Gasteiger partial charge is 0.454 e. The van der Waals surface area contributed by atoms with Gasteiger partial charge >= 0.3 is 6.03 Å². The predicted molar refractivity (Wildman–Crippen MR) is 105 cm³/mol. The number of carbonyl (C=O) groups is 1. The van der Waals surface area contributed by atoms with Gasteiger partial charge in [0.1, 0.15) is 0 Å². The van der Waals surface area contributed by atoms with E-state index in [1.165, 1.54) is 11.1 Å². The number of hydrogen-bond acceptors (Lipinski definition) is 4. The first kappa shape index (κ1) is 18.5.